The molecule has 0 unspecified atom stereocenters. The summed E-state index contributed by atoms with van der Waals surface area (Å²) in [5.41, 5.74) is 2.20. The predicted molar refractivity (Wildman–Crippen MR) is 79.6 cm³/mol. The Hall–Kier alpha value is -1.39. The van der Waals surface area contributed by atoms with Crippen LogP contribution >= 0.6 is 11.3 Å². The summed E-state index contributed by atoms with van der Waals surface area (Å²) in [6, 6.07) is 8.56. The van der Waals surface area contributed by atoms with Crippen LogP contribution in [0.4, 0.5) is 0 Å². The SMILES string of the molecule is Cc1cccc(OCc2csc(CNC(C)C)n2)c1. The summed E-state index contributed by atoms with van der Waals surface area (Å²) in [6.45, 7) is 7.69. The third-order valence-electron chi connectivity index (χ3n) is 2.64. The number of aryl methyl sites for hydroxylation is 1. The Bertz CT molecular complexity index is 522. The largest absolute Gasteiger partial charge is 0.487 e. The Morgan fingerprint density at radius 3 is 2.95 bits per heavy atom. The van der Waals surface area contributed by atoms with E-state index in [0.29, 0.717) is 12.6 Å². The molecule has 2 rings (SSSR count). The van der Waals surface area contributed by atoms with E-state index in [1.807, 2.05) is 18.2 Å². The van der Waals surface area contributed by atoms with Crippen LogP contribution in [0.1, 0.15) is 30.1 Å². The second-order valence-corrected chi connectivity index (χ2v) is 5.82. The lowest BCUT2D eigenvalue weighted by molar-refractivity contribution is 0.301. The molecule has 0 atom stereocenters. The van der Waals surface area contributed by atoms with Gasteiger partial charge in [0.05, 0.1) is 5.69 Å². The van der Waals surface area contributed by atoms with Gasteiger partial charge in [-0.05, 0) is 24.6 Å². The van der Waals surface area contributed by atoms with Gasteiger partial charge in [-0.15, -0.1) is 11.3 Å². The van der Waals surface area contributed by atoms with Gasteiger partial charge < -0.3 is 10.1 Å². The van der Waals surface area contributed by atoms with E-state index in [9.17, 15) is 0 Å². The number of aromatic nitrogens is 1. The van der Waals surface area contributed by atoms with Gasteiger partial charge in [-0.2, -0.15) is 0 Å². The molecule has 0 saturated carbocycles. The number of hydrogen-bond donors (Lipinski definition) is 1. The zero-order valence-corrected chi connectivity index (χ0v) is 12.5. The molecule has 19 heavy (non-hydrogen) atoms. The summed E-state index contributed by atoms with van der Waals surface area (Å²) >= 11 is 1.68. The van der Waals surface area contributed by atoms with Gasteiger partial charge in [0.15, 0.2) is 0 Å². The highest BCUT2D eigenvalue weighted by Gasteiger charge is 2.03. The smallest absolute Gasteiger partial charge is 0.131 e. The average molecular weight is 276 g/mol. The Morgan fingerprint density at radius 1 is 1.37 bits per heavy atom. The normalized spacial score (nSPS) is 10.9. The van der Waals surface area contributed by atoms with Gasteiger partial charge in [-0.25, -0.2) is 4.98 Å². The Kier molecular flexibility index (Phi) is 4.93. The molecular formula is C15H20N2OS. The molecule has 0 fully saturated rings. The van der Waals surface area contributed by atoms with Crippen LogP contribution in [0.5, 0.6) is 5.75 Å². The summed E-state index contributed by atoms with van der Waals surface area (Å²) < 4.78 is 5.74. The van der Waals surface area contributed by atoms with Crippen molar-refractivity contribution in [3.05, 3.63) is 45.9 Å². The van der Waals surface area contributed by atoms with E-state index >= 15 is 0 Å². The molecule has 1 N–H and O–H groups in total. The highest BCUT2D eigenvalue weighted by Crippen LogP contribution is 2.16. The van der Waals surface area contributed by atoms with Crippen molar-refractivity contribution in [2.75, 3.05) is 0 Å². The topological polar surface area (TPSA) is 34.1 Å². The molecule has 0 radical (unpaired) electrons. The molecule has 3 nitrogen and oxygen atoms in total. The van der Waals surface area contributed by atoms with Crippen LogP contribution in [0.2, 0.25) is 0 Å². The fourth-order valence-electron chi connectivity index (χ4n) is 1.65. The molecule has 1 aromatic heterocycles. The van der Waals surface area contributed by atoms with Crippen molar-refractivity contribution in [3.8, 4) is 5.75 Å². The molecule has 0 saturated heterocycles. The van der Waals surface area contributed by atoms with Crippen LogP contribution in [0.25, 0.3) is 0 Å². The number of ether oxygens (including phenoxy) is 1. The Morgan fingerprint density at radius 2 is 2.21 bits per heavy atom. The van der Waals surface area contributed by atoms with E-state index < -0.39 is 0 Å². The first-order valence-electron chi connectivity index (χ1n) is 6.49. The molecule has 0 amide bonds. The zero-order chi connectivity index (χ0) is 13.7. The molecule has 4 heteroatoms. The van der Waals surface area contributed by atoms with Crippen molar-refractivity contribution in [3.63, 3.8) is 0 Å². The lowest BCUT2D eigenvalue weighted by Gasteiger charge is -2.05. The summed E-state index contributed by atoms with van der Waals surface area (Å²) in [7, 11) is 0. The van der Waals surface area contributed by atoms with Crippen LogP contribution < -0.4 is 10.1 Å². The maximum atomic E-state index is 5.74. The van der Waals surface area contributed by atoms with E-state index in [0.717, 1.165) is 23.0 Å². The summed E-state index contributed by atoms with van der Waals surface area (Å²) in [6.07, 6.45) is 0. The highest BCUT2D eigenvalue weighted by molar-refractivity contribution is 7.09. The third kappa shape index (κ3) is 4.65. The van der Waals surface area contributed by atoms with Crippen molar-refractivity contribution in [2.24, 2.45) is 0 Å². The monoisotopic (exact) mass is 276 g/mol. The third-order valence-corrected chi connectivity index (χ3v) is 3.53. The number of rotatable bonds is 6. The summed E-state index contributed by atoms with van der Waals surface area (Å²) in [5, 5.41) is 6.53. The van der Waals surface area contributed by atoms with Crippen molar-refractivity contribution in [1.82, 2.24) is 10.3 Å². The maximum absolute atomic E-state index is 5.74. The number of nitrogens with zero attached hydrogens (tertiary/aromatic N) is 1. The first kappa shape index (κ1) is 14.0. The fourth-order valence-corrected chi connectivity index (χ4v) is 2.38. The molecule has 0 aliphatic heterocycles. The minimum atomic E-state index is 0.482. The van der Waals surface area contributed by atoms with E-state index in [1.54, 1.807) is 11.3 Å². The van der Waals surface area contributed by atoms with Crippen molar-refractivity contribution < 1.29 is 4.74 Å². The molecule has 0 spiro atoms. The molecule has 1 heterocycles. The van der Waals surface area contributed by atoms with Crippen molar-refractivity contribution in [1.29, 1.82) is 0 Å². The van der Waals surface area contributed by atoms with Crippen LogP contribution in [0.3, 0.4) is 0 Å². The average Bonchev–Trinajstić information content (AvgIpc) is 2.82. The zero-order valence-electron chi connectivity index (χ0n) is 11.6. The van der Waals surface area contributed by atoms with Gasteiger partial charge in [0.2, 0.25) is 0 Å². The van der Waals surface area contributed by atoms with E-state index in [-0.39, 0.29) is 0 Å². The molecular weight excluding hydrogens is 256 g/mol. The van der Waals surface area contributed by atoms with Crippen LogP contribution in [-0.2, 0) is 13.2 Å². The standard InChI is InChI=1S/C15H20N2OS/c1-11(2)16-8-15-17-13(10-19-15)9-18-14-6-4-5-12(3)7-14/h4-7,10-11,16H,8-9H2,1-3H3. The second-order valence-electron chi connectivity index (χ2n) is 4.87. The summed E-state index contributed by atoms with van der Waals surface area (Å²) in [4.78, 5) is 4.55. The maximum Gasteiger partial charge on any atom is 0.131 e. The number of thiazole rings is 1. The quantitative estimate of drug-likeness (QED) is 0.876. The molecule has 102 valence electrons. The van der Waals surface area contributed by atoms with E-state index in [4.69, 9.17) is 4.74 Å². The van der Waals surface area contributed by atoms with Gasteiger partial charge in [0, 0.05) is 18.0 Å². The van der Waals surface area contributed by atoms with Gasteiger partial charge in [0.1, 0.15) is 17.4 Å². The fraction of sp³-hybridized carbons (Fsp3) is 0.400. The van der Waals surface area contributed by atoms with Gasteiger partial charge in [-0.1, -0.05) is 26.0 Å². The number of hydrogen-bond acceptors (Lipinski definition) is 4. The Balaban J connectivity index is 1.86. The number of nitrogens with one attached hydrogen (secondary N) is 1. The molecule has 2 aromatic rings. The predicted octanol–water partition coefficient (Wildman–Crippen LogP) is 3.53. The van der Waals surface area contributed by atoms with Crippen LogP contribution in [0, 0.1) is 6.92 Å². The minimum Gasteiger partial charge on any atom is -0.487 e. The lowest BCUT2D eigenvalue weighted by atomic mass is 10.2. The van der Waals surface area contributed by atoms with Gasteiger partial charge >= 0.3 is 0 Å². The van der Waals surface area contributed by atoms with Crippen LogP contribution in [-0.4, -0.2) is 11.0 Å². The Labute approximate surface area is 118 Å². The number of benzene rings is 1. The molecule has 0 bridgehead atoms. The van der Waals surface area contributed by atoms with Crippen molar-refractivity contribution >= 4 is 11.3 Å². The minimum absolute atomic E-state index is 0.482. The van der Waals surface area contributed by atoms with Gasteiger partial charge in [0.25, 0.3) is 0 Å². The second kappa shape index (κ2) is 6.68. The van der Waals surface area contributed by atoms with E-state index in [1.165, 1.54) is 5.56 Å². The van der Waals surface area contributed by atoms with Crippen LogP contribution in [0.15, 0.2) is 29.6 Å². The van der Waals surface area contributed by atoms with Gasteiger partial charge in [-0.3, -0.25) is 0 Å². The molecule has 0 aliphatic rings. The van der Waals surface area contributed by atoms with Crippen molar-refractivity contribution in [2.45, 2.75) is 40.0 Å². The first-order chi connectivity index (χ1) is 9.13. The lowest BCUT2D eigenvalue weighted by Crippen LogP contribution is -2.21. The summed E-state index contributed by atoms with van der Waals surface area (Å²) in [5.74, 6) is 0.898. The highest BCUT2D eigenvalue weighted by atomic mass is 32.1. The van der Waals surface area contributed by atoms with E-state index in [2.05, 4.69) is 42.5 Å². The molecule has 1 aromatic carbocycles. The molecule has 0 aliphatic carbocycles. The first-order valence-corrected chi connectivity index (χ1v) is 7.37.